The summed E-state index contributed by atoms with van der Waals surface area (Å²) in [7, 11) is 0. The van der Waals surface area contributed by atoms with Crippen molar-refractivity contribution >= 4 is 0 Å². The van der Waals surface area contributed by atoms with E-state index in [1.165, 1.54) is 13.8 Å². The van der Waals surface area contributed by atoms with Gasteiger partial charge in [-0.1, -0.05) is 19.1 Å². The molecule has 0 saturated carbocycles. The maximum absolute atomic E-state index is 14.2. The van der Waals surface area contributed by atoms with E-state index >= 15 is 0 Å². The second kappa shape index (κ2) is 9.55. The van der Waals surface area contributed by atoms with Gasteiger partial charge in [-0.3, -0.25) is 0 Å². The SMILES string of the molecule is CCC(C)Oc1cccc(C(O)(CC(F)(F)C(F)(F)C(F)(F)C(F)(F)C(F)(F)C(F)(F)F)C(F)(F)F)c1. The van der Waals surface area contributed by atoms with E-state index in [1.807, 2.05) is 0 Å². The molecule has 2 unspecified atom stereocenters. The lowest BCUT2D eigenvalue weighted by atomic mass is 9.82. The van der Waals surface area contributed by atoms with E-state index in [0.717, 1.165) is 6.07 Å². The molecular formula is C19H16F16O2. The van der Waals surface area contributed by atoms with Crippen LogP contribution in [-0.4, -0.2) is 53.2 Å². The highest BCUT2D eigenvalue weighted by Gasteiger charge is 2.91. The zero-order chi connectivity index (χ0) is 29.7. The van der Waals surface area contributed by atoms with Gasteiger partial charge in [-0.25, -0.2) is 0 Å². The first-order valence-corrected chi connectivity index (χ1v) is 9.66. The van der Waals surface area contributed by atoms with E-state index < -0.39 is 71.4 Å². The van der Waals surface area contributed by atoms with Crippen molar-refractivity contribution in [3.63, 3.8) is 0 Å². The summed E-state index contributed by atoms with van der Waals surface area (Å²) in [4.78, 5) is 0. The van der Waals surface area contributed by atoms with E-state index in [1.54, 1.807) is 0 Å². The van der Waals surface area contributed by atoms with Crippen molar-refractivity contribution in [1.29, 1.82) is 0 Å². The van der Waals surface area contributed by atoms with Crippen LogP contribution in [0.5, 0.6) is 5.75 Å². The maximum atomic E-state index is 14.2. The van der Waals surface area contributed by atoms with Crippen LogP contribution >= 0.6 is 0 Å². The molecule has 0 aliphatic carbocycles. The minimum Gasteiger partial charge on any atom is -0.491 e. The van der Waals surface area contributed by atoms with Crippen molar-refractivity contribution in [1.82, 2.24) is 0 Å². The molecule has 1 aromatic rings. The summed E-state index contributed by atoms with van der Waals surface area (Å²) in [5.74, 6) is -40.4. The maximum Gasteiger partial charge on any atom is 0.460 e. The first-order chi connectivity index (χ1) is 16.1. The Morgan fingerprint density at radius 2 is 1.16 bits per heavy atom. The first-order valence-electron chi connectivity index (χ1n) is 9.66. The Kier molecular flexibility index (Phi) is 8.49. The van der Waals surface area contributed by atoms with Gasteiger partial charge in [0.1, 0.15) is 5.75 Å². The number of benzene rings is 1. The van der Waals surface area contributed by atoms with Crippen molar-refractivity contribution in [3.8, 4) is 5.75 Å². The topological polar surface area (TPSA) is 29.5 Å². The molecule has 1 aromatic carbocycles. The summed E-state index contributed by atoms with van der Waals surface area (Å²) < 4.78 is 218. The lowest BCUT2D eigenvalue weighted by Gasteiger charge is -2.42. The molecule has 0 aromatic heterocycles. The minimum atomic E-state index is -8.30. The molecule has 0 spiro atoms. The molecule has 0 aliphatic heterocycles. The van der Waals surface area contributed by atoms with Crippen LogP contribution in [-0.2, 0) is 5.60 Å². The summed E-state index contributed by atoms with van der Waals surface area (Å²) in [6, 6.07) is 1.84. The predicted molar refractivity (Wildman–Crippen MR) is 92.2 cm³/mol. The molecule has 0 radical (unpaired) electrons. The normalized spacial score (nSPS) is 17.4. The van der Waals surface area contributed by atoms with Crippen molar-refractivity contribution in [2.45, 2.75) is 80.4 Å². The Bertz CT molecular complexity index is 937. The second-order valence-corrected chi connectivity index (χ2v) is 7.90. The number of rotatable bonds is 10. The third-order valence-electron chi connectivity index (χ3n) is 5.17. The van der Waals surface area contributed by atoms with Gasteiger partial charge in [-0.2, -0.15) is 70.2 Å². The zero-order valence-electron chi connectivity index (χ0n) is 18.2. The fourth-order valence-electron chi connectivity index (χ4n) is 2.74. The van der Waals surface area contributed by atoms with Gasteiger partial charge in [0.2, 0.25) is 0 Å². The summed E-state index contributed by atoms with van der Waals surface area (Å²) in [5.41, 5.74) is -7.00. The average molecular weight is 580 g/mol. The van der Waals surface area contributed by atoms with Gasteiger partial charge in [-0.05, 0) is 31.0 Å². The molecule has 1 rings (SSSR count). The third-order valence-corrected chi connectivity index (χ3v) is 5.17. The molecule has 0 aliphatic rings. The van der Waals surface area contributed by atoms with E-state index in [2.05, 4.69) is 0 Å². The van der Waals surface area contributed by atoms with Crippen LogP contribution in [0.4, 0.5) is 70.2 Å². The molecule has 0 amide bonds. The zero-order valence-corrected chi connectivity index (χ0v) is 18.2. The minimum absolute atomic E-state index is 0.165. The van der Waals surface area contributed by atoms with Crippen molar-refractivity contribution < 1.29 is 80.1 Å². The highest BCUT2D eigenvalue weighted by atomic mass is 19.4. The highest BCUT2D eigenvalue weighted by molar-refractivity contribution is 5.34. The molecule has 0 heterocycles. The van der Waals surface area contributed by atoms with E-state index in [0.29, 0.717) is 6.07 Å². The number of ether oxygens (including phenoxy) is 1. The monoisotopic (exact) mass is 580 g/mol. The molecule has 0 bridgehead atoms. The van der Waals surface area contributed by atoms with Gasteiger partial charge in [0, 0.05) is 0 Å². The van der Waals surface area contributed by atoms with E-state index in [9.17, 15) is 75.4 Å². The number of hydrogen-bond donors (Lipinski definition) is 1. The molecule has 216 valence electrons. The Morgan fingerprint density at radius 1 is 0.703 bits per heavy atom. The quantitative estimate of drug-likeness (QED) is 0.287. The summed E-state index contributed by atoms with van der Waals surface area (Å²) in [6.45, 7) is 2.87. The molecule has 1 N–H and O–H groups in total. The molecule has 2 nitrogen and oxygen atoms in total. The van der Waals surface area contributed by atoms with Gasteiger partial charge in [0.15, 0.2) is 5.60 Å². The average Bonchev–Trinajstić information content (AvgIpc) is 2.71. The lowest BCUT2D eigenvalue weighted by Crippen LogP contribution is -2.70. The van der Waals surface area contributed by atoms with Crippen LogP contribution in [0.15, 0.2) is 24.3 Å². The van der Waals surface area contributed by atoms with Gasteiger partial charge < -0.3 is 9.84 Å². The fraction of sp³-hybridized carbons (Fsp3) is 0.684. The van der Waals surface area contributed by atoms with Crippen LogP contribution in [0.3, 0.4) is 0 Å². The molecule has 2 atom stereocenters. The summed E-state index contributed by atoms with van der Waals surface area (Å²) >= 11 is 0. The summed E-state index contributed by atoms with van der Waals surface area (Å²) in [5, 5.41) is 9.94. The Morgan fingerprint density at radius 3 is 1.57 bits per heavy atom. The van der Waals surface area contributed by atoms with Crippen molar-refractivity contribution in [3.05, 3.63) is 29.8 Å². The van der Waals surface area contributed by atoms with Gasteiger partial charge in [0.25, 0.3) is 0 Å². The van der Waals surface area contributed by atoms with Crippen LogP contribution in [0.2, 0.25) is 0 Å². The second-order valence-electron chi connectivity index (χ2n) is 7.90. The number of aliphatic hydroxyl groups is 1. The summed E-state index contributed by atoms with van der Waals surface area (Å²) in [6.07, 6.45) is -18.5. The molecule has 37 heavy (non-hydrogen) atoms. The predicted octanol–water partition coefficient (Wildman–Crippen LogP) is 7.74. The number of halogens is 16. The van der Waals surface area contributed by atoms with Crippen molar-refractivity contribution in [2.24, 2.45) is 0 Å². The van der Waals surface area contributed by atoms with E-state index in [4.69, 9.17) is 4.74 Å². The first kappa shape index (κ1) is 32.9. The highest BCUT2D eigenvalue weighted by Crippen LogP contribution is 2.62. The van der Waals surface area contributed by atoms with Crippen LogP contribution in [0.25, 0.3) is 0 Å². The van der Waals surface area contributed by atoms with Gasteiger partial charge in [0.05, 0.1) is 12.5 Å². The van der Waals surface area contributed by atoms with E-state index in [-0.39, 0.29) is 18.6 Å². The number of alkyl halides is 16. The fourth-order valence-corrected chi connectivity index (χ4v) is 2.74. The van der Waals surface area contributed by atoms with Crippen molar-refractivity contribution in [2.75, 3.05) is 0 Å². The molecular weight excluding hydrogens is 564 g/mol. The Labute approximate surface area is 197 Å². The molecule has 18 heteroatoms. The van der Waals surface area contributed by atoms with Gasteiger partial charge in [-0.15, -0.1) is 0 Å². The van der Waals surface area contributed by atoms with Crippen LogP contribution < -0.4 is 4.74 Å². The number of hydrogen-bond acceptors (Lipinski definition) is 2. The van der Waals surface area contributed by atoms with Crippen LogP contribution in [0, 0.1) is 0 Å². The van der Waals surface area contributed by atoms with Gasteiger partial charge >= 0.3 is 42.0 Å². The van der Waals surface area contributed by atoms with Crippen LogP contribution in [0.1, 0.15) is 32.3 Å². The molecule has 0 saturated heterocycles. The lowest BCUT2D eigenvalue weighted by molar-refractivity contribution is -0.443. The standard InChI is InChI=1S/C19H16F16O2/c1-3-9(2)37-11-6-4-5-10(7-11)12(36,18(30,31)32)8-13(20,21)14(22,23)15(24,25)16(26,27)17(28,29)19(33,34)35/h4-7,9,36H,3,8H2,1-2H3. The third kappa shape index (κ3) is 5.39. The smallest absolute Gasteiger partial charge is 0.460 e. The largest absolute Gasteiger partial charge is 0.491 e. The molecule has 0 fully saturated rings. The Hall–Kier alpha value is -2.14. The Balaban J connectivity index is 3.67.